The van der Waals surface area contributed by atoms with Gasteiger partial charge in [0.2, 0.25) is 5.78 Å². The Bertz CT molecular complexity index is 604. The number of rotatable bonds is 4. The van der Waals surface area contributed by atoms with E-state index in [2.05, 4.69) is 15.5 Å². The van der Waals surface area contributed by atoms with Gasteiger partial charge in [-0.15, -0.1) is 0 Å². The van der Waals surface area contributed by atoms with Crippen LogP contribution in [0.1, 0.15) is 35.5 Å². The summed E-state index contributed by atoms with van der Waals surface area (Å²) >= 11 is 6.03. The second-order valence-electron chi connectivity index (χ2n) is 4.76. The predicted octanol–water partition coefficient (Wildman–Crippen LogP) is 3.42. The van der Waals surface area contributed by atoms with Gasteiger partial charge < -0.3 is 5.32 Å². The molecule has 0 saturated heterocycles. The van der Waals surface area contributed by atoms with E-state index in [1.54, 1.807) is 18.2 Å². The molecule has 0 aliphatic rings. The number of hydrogen-bond donors (Lipinski definition) is 2. The maximum absolute atomic E-state index is 12.3. The van der Waals surface area contributed by atoms with Gasteiger partial charge in [-0.3, -0.25) is 9.89 Å². The van der Waals surface area contributed by atoms with E-state index in [9.17, 15) is 4.79 Å². The molecule has 2 N–H and O–H groups in total. The average molecular weight is 278 g/mol. The SMILES string of the molecule is Cc1ccc(C(=O)c2cc(NC(C)C)n[nH]2)cc1Cl. The summed E-state index contributed by atoms with van der Waals surface area (Å²) < 4.78 is 0. The highest BCUT2D eigenvalue weighted by Gasteiger charge is 2.13. The van der Waals surface area contributed by atoms with E-state index in [1.165, 1.54) is 0 Å². The minimum atomic E-state index is -0.119. The molecule has 1 aromatic heterocycles. The lowest BCUT2D eigenvalue weighted by Gasteiger charge is -2.04. The summed E-state index contributed by atoms with van der Waals surface area (Å²) in [6, 6.07) is 7.24. The van der Waals surface area contributed by atoms with Gasteiger partial charge in [0, 0.05) is 22.7 Å². The van der Waals surface area contributed by atoms with Crippen LogP contribution < -0.4 is 5.32 Å². The third kappa shape index (κ3) is 3.15. The third-order valence-corrected chi connectivity index (χ3v) is 3.10. The number of aromatic nitrogens is 2. The van der Waals surface area contributed by atoms with E-state index >= 15 is 0 Å². The van der Waals surface area contributed by atoms with Gasteiger partial charge in [0.25, 0.3) is 0 Å². The number of ketones is 1. The van der Waals surface area contributed by atoms with Crippen molar-refractivity contribution in [2.45, 2.75) is 26.8 Å². The predicted molar refractivity (Wildman–Crippen MR) is 77.0 cm³/mol. The molecule has 1 aromatic carbocycles. The number of halogens is 1. The van der Waals surface area contributed by atoms with E-state index in [0.717, 1.165) is 5.56 Å². The summed E-state index contributed by atoms with van der Waals surface area (Å²) in [4.78, 5) is 12.3. The molecule has 0 aliphatic heterocycles. The Morgan fingerprint density at radius 2 is 2.11 bits per heavy atom. The van der Waals surface area contributed by atoms with Crippen molar-refractivity contribution in [2.75, 3.05) is 5.32 Å². The number of benzene rings is 1. The van der Waals surface area contributed by atoms with Crippen molar-refractivity contribution >= 4 is 23.2 Å². The Morgan fingerprint density at radius 3 is 2.74 bits per heavy atom. The summed E-state index contributed by atoms with van der Waals surface area (Å²) in [6.07, 6.45) is 0. The molecule has 0 radical (unpaired) electrons. The Morgan fingerprint density at radius 1 is 1.37 bits per heavy atom. The van der Waals surface area contributed by atoms with Gasteiger partial charge in [-0.2, -0.15) is 5.10 Å². The minimum absolute atomic E-state index is 0.119. The van der Waals surface area contributed by atoms with Gasteiger partial charge in [-0.05, 0) is 32.4 Å². The summed E-state index contributed by atoms with van der Waals surface area (Å²) in [5.74, 6) is 0.544. The zero-order chi connectivity index (χ0) is 14.0. The van der Waals surface area contributed by atoms with E-state index in [-0.39, 0.29) is 11.8 Å². The fourth-order valence-corrected chi connectivity index (χ4v) is 1.88. The molecule has 2 aromatic rings. The highest BCUT2D eigenvalue weighted by atomic mass is 35.5. The highest BCUT2D eigenvalue weighted by molar-refractivity contribution is 6.31. The van der Waals surface area contributed by atoms with Crippen LogP contribution in [0.3, 0.4) is 0 Å². The molecule has 4 nitrogen and oxygen atoms in total. The van der Waals surface area contributed by atoms with Crippen molar-refractivity contribution < 1.29 is 4.79 Å². The number of nitrogens with one attached hydrogen (secondary N) is 2. The maximum atomic E-state index is 12.3. The standard InChI is InChI=1S/C14H16ClN3O/c1-8(2)16-13-7-12(17-18-13)14(19)10-5-4-9(3)11(15)6-10/h4-8H,1-3H3,(H2,16,17,18). The first kappa shape index (κ1) is 13.6. The van der Waals surface area contributed by atoms with Crippen molar-refractivity contribution in [3.63, 3.8) is 0 Å². The normalized spacial score (nSPS) is 10.8. The molecule has 0 spiro atoms. The van der Waals surface area contributed by atoms with Crippen LogP contribution in [0.2, 0.25) is 5.02 Å². The minimum Gasteiger partial charge on any atom is -0.366 e. The molecular formula is C14H16ClN3O. The number of H-pyrrole nitrogens is 1. The van der Waals surface area contributed by atoms with Crippen LogP contribution in [0.4, 0.5) is 5.82 Å². The number of nitrogens with zero attached hydrogens (tertiary/aromatic N) is 1. The molecule has 0 atom stereocenters. The first-order valence-corrected chi connectivity index (χ1v) is 6.48. The zero-order valence-corrected chi connectivity index (χ0v) is 11.9. The van der Waals surface area contributed by atoms with E-state index < -0.39 is 0 Å². The number of carbonyl (C=O) groups is 1. The zero-order valence-electron chi connectivity index (χ0n) is 11.1. The lowest BCUT2D eigenvalue weighted by atomic mass is 10.1. The van der Waals surface area contributed by atoms with Crippen molar-refractivity contribution in [1.29, 1.82) is 0 Å². The molecule has 0 bridgehead atoms. The monoisotopic (exact) mass is 277 g/mol. The fourth-order valence-electron chi connectivity index (χ4n) is 1.70. The molecule has 0 saturated carbocycles. The van der Waals surface area contributed by atoms with Crippen molar-refractivity contribution in [2.24, 2.45) is 0 Å². The lowest BCUT2D eigenvalue weighted by molar-refractivity contribution is 0.103. The van der Waals surface area contributed by atoms with Crippen LogP contribution >= 0.6 is 11.6 Å². The Balaban J connectivity index is 2.23. The Kier molecular flexibility index (Phi) is 3.90. The molecule has 100 valence electrons. The summed E-state index contributed by atoms with van der Waals surface area (Å²) in [5.41, 5.74) is 1.95. The Hall–Kier alpha value is -1.81. The first-order chi connectivity index (χ1) is 8.97. The molecule has 0 fully saturated rings. The number of aromatic amines is 1. The topological polar surface area (TPSA) is 57.8 Å². The van der Waals surface area contributed by atoms with Gasteiger partial charge in [-0.25, -0.2) is 0 Å². The van der Waals surface area contributed by atoms with Crippen molar-refractivity contribution in [3.05, 3.63) is 46.1 Å². The van der Waals surface area contributed by atoms with Gasteiger partial charge in [0.05, 0.1) is 0 Å². The van der Waals surface area contributed by atoms with Crippen LogP contribution in [0, 0.1) is 6.92 Å². The summed E-state index contributed by atoms with van der Waals surface area (Å²) in [7, 11) is 0. The quantitative estimate of drug-likeness (QED) is 0.842. The number of aryl methyl sites for hydroxylation is 1. The molecule has 2 rings (SSSR count). The molecule has 5 heteroatoms. The van der Waals surface area contributed by atoms with Crippen molar-refractivity contribution in [3.8, 4) is 0 Å². The molecule has 0 unspecified atom stereocenters. The number of hydrogen-bond acceptors (Lipinski definition) is 3. The van der Waals surface area contributed by atoms with E-state index in [4.69, 9.17) is 11.6 Å². The van der Waals surface area contributed by atoms with E-state index in [1.807, 2.05) is 26.8 Å². The Labute approximate surface area is 117 Å². The van der Waals surface area contributed by atoms with Crippen LogP contribution in [-0.2, 0) is 0 Å². The second-order valence-corrected chi connectivity index (χ2v) is 5.17. The number of anilines is 1. The van der Waals surface area contributed by atoms with E-state index in [0.29, 0.717) is 22.1 Å². The van der Waals surface area contributed by atoms with Gasteiger partial charge in [0.15, 0.2) is 0 Å². The third-order valence-electron chi connectivity index (χ3n) is 2.69. The smallest absolute Gasteiger partial charge is 0.210 e. The van der Waals surface area contributed by atoms with Crippen LogP contribution in [0.25, 0.3) is 0 Å². The van der Waals surface area contributed by atoms with Crippen molar-refractivity contribution in [1.82, 2.24) is 10.2 Å². The molecule has 19 heavy (non-hydrogen) atoms. The largest absolute Gasteiger partial charge is 0.366 e. The van der Waals surface area contributed by atoms with Gasteiger partial charge in [0.1, 0.15) is 11.5 Å². The van der Waals surface area contributed by atoms with Crippen LogP contribution in [0.15, 0.2) is 24.3 Å². The summed E-state index contributed by atoms with van der Waals surface area (Å²) in [6.45, 7) is 5.92. The molecule has 1 heterocycles. The second kappa shape index (κ2) is 5.45. The molecule has 0 amide bonds. The first-order valence-electron chi connectivity index (χ1n) is 6.10. The van der Waals surface area contributed by atoms with Crippen LogP contribution in [-0.4, -0.2) is 22.0 Å². The fraction of sp³-hybridized carbons (Fsp3) is 0.286. The molecule has 0 aliphatic carbocycles. The lowest BCUT2D eigenvalue weighted by Crippen LogP contribution is -2.09. The van der Waals surface area contributed by atoms with Gasteiger partial charge in [-0.1, -0.05) is 23.7 Å². The highest BCUT2D eigenvalue weighted by Crippen LogP contribution is 2.19. The maximum Gasteiger partial charge on any atom is 0.210 e. The van der Waals surface area contributed by atoms with Crippen LogP contribution in [0.5, 0.6) is 0 Å². The average Bonchev–Trinajstić information content (AvgIpc) is 2.79. The number of carbonyl (C=O) groups excluding carboxylic acids is 1. The molecular weight excluding hydrogens is 262 g/mol. The van der Waals surface area contributed by atoms with Gasteiger partial charge >= 0.3 is 0 Å². The summed E-state index contributed by atoms with van der Waals surface area (Å²) in [5, 5.41) is 10.5.